The minimum atomic E-state index is -2.24. The Bertz CT molecular complexity index is 96.3. The molecule has 0 rings (SSSR count). The molecule has 0 saturated heterocycles. The summed E-state index contributed by atoms with van der Waals surface area (Å²) in [7, 11) is -2.24. The van der Waals surface area contributed by atoms with E-state index in [9.17, 15) is 8.42 Å². The lowest BCUT2D eigenvalue weighted by atomic mass is 10.3. The van der Waals surface area contributed by atoms with Crippen LogP contribution in [0.1, 0.15) is 6.92 Å². The van der Waals surface area contributed by atoms with Crippen molar-refractivity contribution in [3.63, 3.8) is 0 Å². The summed E-state index contributed by atoms with van der Waals surface area (Å²) in [6, 6.07) is 0. The second-order valence-electron chi connectivity index (χ2n) is 1.45. The van der Waals surface area contributed by atoms with Crippen LogP contribution in [0.5, 0.6) is 0 Å². The molecule has 0 aromatic carbocycles. The maximum atomic E-state index is 9.79. The van der Waals surface area contributed by atoms with E-state index in [1.165, 1.54) is 0 Å². The summed E-state index contributed by atoms with van der Waals surface area (Å²) in [5.74, 6) is 0.811. The Morgan fingerprint density at radius 3 is 2.14 bits per heavy atom. The highest BCUT2D eigenvalue weighted by Crippen LogP contribution is 1.91. The van der Waals surface area contributed by atoms with E-state index in [2.05, 4.69) is 6.92 Å². The number of hydrogen-bond donors (Lipinski definition) is 1. The lowest BCUT2D eigenvalue weighted by molar-refractivity contribution is 0.615. The third kappa shape index (κ3) is 5.95. The fourth-order valence-electron chi connectivity index (χ4n) is 0.220. The highest BCUT2D eigenvalue weighted by atomic mass is 32.2. The number of thiol groups is 1. The molecular weight excluding hydrogens is 112 g/mol. The van der Waals surface area contributed by atoms with Crippen LogP contribution in [-0.2, 0) is 10.7 Å². The van der Waals surface area contributed by atoms with Gasteiger partial charge in [0.05, 0.1) is 5.75 Å². The van der Waals surface area contributed by atoms with Crippen molar-refractivity contribution in [2.45, 2.75) is 6.92 Å². The zero-order valence-corrected chi connectivity index (χ0v) is 5.07. The minimum absolute atomic E-state index is 0.120. The molecule has 0 aromatic heterocycles. The van der Waals surface area contributed by atoms with Crippen molar-refractivity contribution < 1.29 is 8.42 Å². The van der Waals surface area contributed by atoms with Crippen LogP contribution in [0, 0.1) is 12.8 Å². The van der Waals surface area contributed by atoms with E-state index in [-0.39, 0.29) is 5.75 Å². The van der Waals surface area contributed by atoms with Crippen molar-refractivity contribution in [1.29, 1.82) is 0 Å². The summed E-state index contributed by atoms with van der Waals surface area (Å²) < 4.78 is 19.6. The van der Waals surface area contributed by atoms with Gasteiger partial charge >= 0.3 is 0 Å². The molecule has 0 amide bonds. The van der Waals surface area contributed by atoms with E-state index < -0.39 is 10.7 Å². The lowest BCUT2D eigenvalue weighted by Crippen LogP contribution is -1.93. The van der Waals surface area contributed by atoms with Crippen LogP contribution in [0.25, 0.3) is 0 Å². The van der Waals surface area contributed by atoms with Gasteiger partial charge in [-0.1, -0.05) is 6.92 Å². The molecule has 0 aliphatic heterocycles. The summed E-state index contributed by atoms with van der Waals surface area (Å²) >= 11 is 0. The van der Waals surface area contributed by atoms with Crippen LogP contribution >= 0.6 is 0 Å². The molecule has 0 aliphatic carbocycles. The van der Waals surface area contributed by atoms with E-state index in [1.807, 2.05) is 0 Å². The van der Waals surface area contributed by atoms with Crippen LogP contribution in [0.3, 0.4) is 0 Å². The van der Waals surface area contributed by atoms with Crippen molar-refractivity contribution >= 4 is 10.7 Å². The molecule has 0 atom stereocenters. The number of rotatable bonds is 2. The summed E-state index contributed by atoms with van der Waals surface area (Å²) in [6.45, 7) is 5.10. The molecule has 0 bridgehead atoms. The predicted molar refractivity (Wildman–Crippen MR) is 29.5 cm³/mol. The zero-order valence-electron chi connectivity index (χ0n) is 4.18. The molecule has 7 heavy (non-hydrogen) atoms. The molecular formula is C4H8O2S. The van der Waals surface area contributed by atoms with E-state index in [4.69, 9.17) is 0 Å². The monoisotopic (exact) mass is 120 g/mol. The maximum Gasteiger partial charge on any atom is 0.140 e. The van der Waals surface area contributed by atoms with Crippen molar-refractivity contribution in [3.05, 3.63) is 12.8 Å². The van der Waals surface area contributed by atoms with E-state index in [0.717, 1.165) is 0 Å². The molecule has 0 heterocycles. The molecule has 3 heteroatoms. The Labute approximate surface area is 45.5 Å². The van der Waals surface area contributed by atoms with Gasteiger partial charge in [0.25, 0.3) is 0 Å². The second-order valence-corrected chi connectivity index (χ2v) is 2.43. The third-order valence-corrected chi connectivity index (χ3v) is 1.20. The Morgan fingerprint density at radius 1 is 1.71 bits per heavy atom. The average molecular weight is 120 g/mol. The topological polar surface area (TPSA) is 34.1 Å². The van der Waals surface area contributed by atoms with Gasteiger partial charge in [-0.2, -0.15) is 0 Å². The normalized spacial score (nSPS) is 10.9. The van der Waals surface area contributed by atoms with Gasteiger partial charge in [-0.15, -0.1) is 0 Å². The molecule has 2 radical (unpaired) electrons. The first-order chi connectivity index (χ1) is 3.13. The molecule has 0 aromatic rings. The van der Waals surface area contributed by atoms with Gasteiger partial charge < -0.3 is 0 Å². The van der Waals surface area contributed by atoms with Crippen LogP contribution in [0.4, 0.5) is 0 Å². The lowest BCUT2D eigenvalue weighted by Gasteiger charge is -1.89. The van der Waals surface area contributed by atoms with Crippen LogP contribution in [0.2, 0.25) is 0 Å². The summed E-state index contributed by atoms with van der Waals surface area (Å²) in [5.41, 5.74) is 0. The highest BCUT2D eigenvalue weighted by Gasteiger charge is 1.92. The standard InChI is InChI=1S/C4H8O2S/c1-4(2)3-7(5)6/h7H,1,3H2,2H3. The highest BCUT2D eigenvalue weighted by molar-refractivity contribution is 7.72. The first-order valence-corrected chi connectivity index (χ1v) is 3.25. The van der Waals surface area contributed by atoms with Gasteiger partial charge in [-0.25, -0.2) is 8.42 Å². The van der Waals surface area contributed by atoms with Gasteiger partial charge in [-0.3, -0.25) is 0 Å². The van der Waals surface area contributed by atoms with Gasteiger partial charge in [0.1, 0.15) is 10.7 Å². The Morgan fingerprint density at radius 2 is 2.14 bits per heavy atom. The summed E-state index contributed by atoms with van der Waals surface area (Å²) in [4.78, 5) is 0. The Balaban J connectivity index is 3.32. The smallest absolute Gasteiger partial charge is 0.140 e. The van der Waals surface area contributed by atoms with E-state index in [0.29, 0.717) is 5.92 Å². The SMILES string of the molecule is [CH2][C](C)C[SH](=O)=O. The minimum Gasteiger partial charge on any atom is -0.232 e. The summed E-state index contributed by atoms with van der Waals surface area (Å²) in [5, 5.41) is 0. The molecule has 0 N–H and O–H groups in total. The Kier molecular flexibility index (Phi) is 3.00. The number of hydrogen-bond acceptors (Lipinski definition) is 2. The molecule has 0 unspecified atom stereocenters. The molecule has 0 spiro atoms. The first kappa shape index (κ1) is 6.95. The third-order valence-electron chi connectivity index (χ3n) is 0.399. The van der Waals surface area contributed by atoms with Crippen molar-refractivity contribution in [2.75, 3.05) is 5.75 Å². The van der Waals surface area contributed by atoms with Crippen LogP contribution in [-0.4, -0.2) is 14.2 Å². The van der Waals surface area contributed by atoms with E-state index >= 15 is 0 Å². The summed E-state index contributed by atoms with van der Waals surface area (Å²) in [6.07, 6.45) is 0. The van der Waals surface area contributed by atoms with Gasteiger partial charge in [0.2, 0.25) is 0 Å². The molecule has 0 saturated carbocycles. The van der Waals surface area contributed by atoms with Crippen molar-refractivity contribution in [3.8, 4) is 0 Å². The average Bonchev–Trinajstić information content (AvgIpc) is 1.27. The van der Waals surface area contributed by atoms with Crippen LogP contribution < -0.4 is 0 Å². The largest absolute Gasteiger partial charge is 0.232 e. The Hall–Kier alpha value is -0.0500. The van der Waals surface area contributed by atoms with Gasteiger partial charge in [0, 0.05) is 0 Å². The maximum absolute atomic E-state index is 9.79. The predicted octanol–water partition coefficient (Wildman–Crippen LogP) is 0.0263. The van der Waals surface area contributed by atoms with Crippen molar-refractivity contribution in [2.24, 2.45) is 0 Å². The molecule has 42 valence electrons. The molecule has 0 fully saturated rings. The van der Waals surface area contributed by atoms with E-state index in [1.54, 1.807) is 6.92 Å². The van der Waals surface area contributed by atoms with Crippen LogP contribution in [0.15, 0.2) is 0 Å². The second kappa shape index (κ2) is 3.02. The molecule has 2 nitrogen and oxygen atoms in total. The fourth-order valence-corrected chi connectivity index (χ4v) is 0.661. The zero-order chi connectivity index (χ0) is 5.86. The first-order valence-electron chi connectivity index (χ1n) is 1.89. The molecule has 0 aliphatic rings. The van der Waals surface area contributed by atoms with Crippen molar-refractivity contribution in [1.82, 2.24) is 0 Å². The van der Waals surface area contributed by atoms with Gasteiger partial charge in [0.15, 0.2) is 0 Å². The fraction of sp³-hybridized carbons (Fsp3) is 0.500. The quantitative estimate of drug-likeness (QED) is 0.521. The van der Waals surface area contributed by atoms with Gasteiger partial charge in [-0.05, 0) is 12.8 Å².